The lowest BCUT2D eigenvalue weighted by Gasteiger charge is -2.20. The van der Waals surface area contributed by atoms with Gasteiger partial charge >= 0.3 is 6.03 Å². The highest BCUT2D eigenvalue weighted by molar-refractivity contribution is 9.07. The third kappa shape index (κ3) is 3.72. The van der Waals surface area contributed by atoms with Crippen molar-refractivity contribution in [3.8, 4) is 0 Å². The normalized spacial score (nSPS) is 14.1. The summed E-state index contributed by atoms with van der Waals surface area (Å²) in [5.74, 6) is -0.530. The lowest BCUT2D eigenvalue weighted by Crippen LogP contribution is -2.24. The predicted octanol–water partition coefficient (Wildman–Crippen LogP) is 3.81. The van der Waals surface area contributed by atoms with E-state index in [9.17, 15) is 9.59 Å². The molecule has 24 heavy (non-hydrogen) atoms. The van der Waals surface area contributed by atoms with E-state index >= 15 is 0 Å². The van der Waals surface area contributed by atoms with E-state index in [2.05, 4.69) is 26.8 Å². The number of fused-ring (bicyclic) bond motifs is 1. The Morgan fingerprint density at radius 3 is 2.62 bits per heavy atom. The summed E-state index contributed by atoms with van der Waals surface area (Å²) in [6.07, 6.45) is 0.704. The van der Waals surface area contributed by atoms with Crippen LogP contribution < -0.4 is 16.4 Å². The van der Waals surface area contributed by atoms with E-state index in [-0.39, 0.29) is 0 Å². The van der Waals surface area contributed by atoms with Crippen molar-refractivity contribution in [3.63, 3.8) is 0 Å². The minimum absolute atomic E-state index is 0.404. The van der Waals surface area contributed by atoms with E-state index in [1.807, 2.05) is 3.93 Å². The van der Waals surface area contributed by atoms with Gasteiger partial charge in [0.15, 0.2) is 0 Å². The molecule has 126 valence electrons. The third-order valence-corrected chi connectivity index (χ3v) is 5.58. The molecule has 0 saturated carbocycles. The molecule has 9 heteroatoms. The summed E-state index contributed by atoms with van der Waals surface area (Å²) in [5, 5.41) is 6.49. The number of primary amides is 1. The third-order valence-electron chi connectivity index (χ3n) is 3.59. The smallest absolute Gasteiger partial charge is 0.324 e. The molecular formula is C15H14BrClN4O2S. The van der Waals surface area contributed by atoms with Gasteiger partial charge in [0.2, 0.25) is 0 Å². The van der Waals surface area contributed by atoms with Crippen molar-refractivity contribution in [1.82, 2.24) is 3.93 Å². The zero-order valence-electron chi connectivity index (χ0n) is 12.4. The van der Waals surface area contributed by atoms with Gasteiger partial charge in [-0.2, -0.15) is 0 Å². The number of thiophene rings is 1. The van der Waals surface area contributed by atoms with Crippen LogP contribution in [0.5, 0.6) is 0 Å². The molecule has 0 spiro atoms. The molecule has 1 aliphatic rings. The number of hydrogen-bond acceptors (Lipinski definition) is 4. The lowest BCUT2D eigenvalue weighted by molar-refractivity contribution is 0.100. The number of halogens is 2. The van der Waals surface area contributed by atoms with Gasteiger partial charge in [-0.15, -0.1) is 11.3 Å². The number of nitrogens with one attached hydrogen (secondary N) is 2. The second-order valence-corrected chi connectivity index (χ2v) is 7.80. The Labute approximate surface area is 156 Å². The molecule has 0 aliphatic carbocycles. The highest BCUT2D eigenvalue weighted by Crippen LogP contribution is 2.37. The van der Waals surface area contributed by atoms with Gasteiger partial charge in [0.25, 0.3) is 5.91 Å². The number of carbonyl (C=O) groups excluding carboxylic acids is 2. The minimum Gasteiger partial charge on any atom is -0.365 e. The van der Waals surface area contributed by atoms with Gasteiger partial charge in [-0.1, -0.05) is 11.6 Å². The van der Waals surface area contributed by atoms with Crippen molar-refractivity contribution in [3.05, 3.63) is 45.3 Å². The van der Waals surface area contributed by atoms with Gasteiger partial charge in [-0.05, 0) is 36.2 Å². The highest BCUT2D eigenvalue weighted by atomic mass is 79.9. The van der Waals surface area contributed by atoms with Crippen LogP contribution >= 0.6 is 39.1 Å². The number of carbonyl (C=O) groups is 2. The fourth-order valence-electron chi connectivity index (χ4n) is 2.52. The van der Waals surface area contributed by atoms with E-state index in [1.165, 1.54) is 11.3 Å². The van der Waals surface area contributed by atoms with Crippen LogP contribution in [-0.4, -0.2) is 22.4 Å². The van der Waals surface area contributed by atoms with E-state index in [0.29, 0.717) is 34.2 Å². The van der Waals surface area contributed by atoms with Crippen molar-refractivity contribution in [2.45, 2.75) is 13.0 Å². The number of nitrogens with two attached hydrogens (primary N) is 1. The number of benzene rings is 1. The molecule has 3 amide bonds. The first-order valence-corrected chi connectivity index (χ1v) is 9.03. The van der Waals surface area contributed by atoms with Crippen LogP contribution in [0.15, 0.2) is 24.3 Å². The molecular weight excluding hydrogens is 416 g/mol. The molecule has 0 unspecified atom stereocenters. The number of urea groups is 1. The summed E-state index contributed by atoms with van der Waals surface area (Å²) in [5.41, 5.74) is 7.45. The zero-order valence-corrected chi connectivity index (χ0v) is 15.6. The summed E-state index contributed by atoms with van der Waals surface area (Å²) in [4.78, 5) is 25.1. The first-order valence-electron chi connectivity index (χ1n) is 7.12. The largest absolute Gasteiger partial charge is 0.365 e. The number of amides is 3. The van der Waals surface area contributed by atoms with Crippen LogP contribution in [0, 0.1) is 0 Å². The molecule has 0 radical (unpaired) electrons. The second-order valence-electron chi connectivity index (χ2n) is 5.25. The zero-order chi connectivity index (χ0) is 17.3. The van der Waals surface area contributed by atoms with Gasteiger partial charge in [-0.3, -0.25) is 10.1 Å². The molecule has 1 aromatic carbocycles. The maximum atomic E-state index is 12.2. The minimum atomic E-state index is -0.530. The quantitative estimate of drug-likeness (QED) is 0.648. The van der Waals surface area contributed by atoms with Gasteiger partial charge in [-0.25, -0.2) is 8.72 Å². The topological polar surface area (TPSA) is 87.5 Å². The molecule has 1 aromatic heterocycles. The van der Waals surface area contributed by atoms with E-state index in [0.717, 1.165) is 17.0 Å². The van der Waals surface area contributed by atoms with E-state index in [1.54, 1.807) is 24.3 Å². The predicted molar refractivity (Wildman–Crippen MR) is 100.0 cm³/mol. The maximum Gasteiger partial charge on any atom is 0.324 e. The van der Waals surface area contributed by atoms with Gasteiger partial charge in [0.05, 0.1) is 5.56 Å². The first kappa shape index (κ1) is 17.2. The molecule has 0 atom stereocenters. The Balaban J connectivity index is 1.80. The van der Waals surface area contributed by atoms with Gasteiger partial charge in [0.1, 0.15) is 5.00 Å². The van der Waals surface area contributed by atoms with Crippen LogP contribution in [0.2, 0.25) is 5.02 Å². The summed E-state index contributed by atoms with van der Waals surface area (Å²) >= 11 is 10.6. The van der Waals surface area contributed by atoms with Crippen LogP contribution in [-0.2, 0) is 13.0 Å². The molecule has 4 N–H and O–H groups in total. The van der Waals surface area contributed by atoms with E-state index < -0.39 is 11.9 Å². The van der Waals surface area contributed by atoms with Crippen molar-refractivity contribution in [1.29, 1.82) is 0 Å². The average molecular weight is 430 g/mol. The Bertz CT molecular complexity index is 794. The summed E-state index contributed by atoms with van der Waals surface area (Å²) in [6.45, 7) is 1.45. The Morgan fingerprint density at radius 1 is 1.25 bits per heavy atom. The summed E-state index contributed by atoms with van der Waals surface area (Å²) in [7, 11) is 0. The SMILES string of the molecule is NC(=O)c1c(NC(=O)Nc2ccc(Cl)cc2)sc2c1CCN(Br)C2. The molecule has 6 nitrogen and oxygen atoms in total. The highest BCUT2D eigenvalue weighted by Gasteiger charge is 2.27. The van der Waals surface area contributed by atoms with Crippen molar-refractivity contribution < 1.29 is 9.59 Å². The number of rotatable bonds is 3. The molecule has 2 heterocycles. The molecule has 3 rings (SSSR count). The van der Waals surface area contributed by atoms with Crippen molar-refractivity contribution >= 4 is 61.7 Å². The fourth-order valence-corrected chi connectivity index (χ4v) is 4.50. The maximum absolute atomic E-state index is 12.2. The standard InChI is InChI=1S/C15H14BrClN4O2S/c16-21-6-5-10-11(7-21)24-14(12(10)13(18)22)20-15(23)19-9-3-1-8(17)2-4-9/h1-4H,5-7H2,(H2,18,22)(H2,19,20,23). The van der Waals surface area contributed by atoms with Crippen LogP contribution in [0.1, 0.15) is 20.8 Å². The fraction of sp³-hybridized carbons (Fsp3) is 0.200. The number of hydrogen-bond donors (Lipinski definition) is 3. The lowest BCUT2D eigenvalue weighted by atomic mass is 10.0. The number of anilines is 2. The van der Waals surface area contributed by atoms with Gasteiger partial charge in [0, 0.05) is 44.8 Å². The summed E-state index contributed by atoms with van der Waals surface area (Å²) < 4.78 is 1.98. The first-order chi connectivity index (χ1) is 11.4. The Morgan fingerprint density at radius 2 is 1.96 bits per heavy atom. The monoisotopic (exact) mass is 428 g/mol. The van der Waals surface area contributed by atoms with Crippen molar-refractivity contribution in [2.75, 3.05) is 17.2 Å². The van der Waals surface area contributed by atoms with Crippen LogP contribution in [0.3, 0.4) is 0 Å². The van der Waals surface area contributed by atoms with Crippen LogP contribution in [0.4, 0.5) is 15.5 Å². The molecule has 2 aromatic rings. The molecule has 0 saturated heterocycles. The molecule has 1 aliphatic heterocycles. The number of nitrogens with zero attached hydrogens (tertiary/aromatic N) is 1. The van der Waals surface area contributed by atoms with Gasteiger partial charge < -0.3 is 11.1 Å². The second kappa shape index (κ2) is 7.10. The molecule has 0 bridgehead atoms. The average Bonchev–Trinajstić information content (AvgIpc) is 2.86. The molecule has 0 fully saturated rings. The van der Waals surface area contributed by atoms with Crippen molar-refractivity contribution in [2.24, 2.45) is 5.73 Å². The Kier molecular flexibility index (Phi) is 5.09. The Hall–Kier alpha value is -1.61. The summed E-state index contributed by atoms with van der Waals surface area (Å²) in [6, 6.07) is 6.31. The van der Waals surface area contributed by atoms with E-state index in [4.69, 9.17) is 17.3 Å². The van der Waals surface area contributed by atoms with Crippen LogP contribution in [0.25, 0.3) is 0 Å².